The van der Waals surface area contributed by atoms with Crippen molar-refractivity contribution in [2.45, 2.75) is 6.42 Å². The molecule has 2 rings (SSSR count). The maximum Gasteiger partial charge on any atom is 0.269 e. The van der Waals surface area contributed by atoms with Crippen molar-refractivity contribution < 1.29 is 9.53 Å². The van der Waals surface area contributed by atoms with Crippen LogP contribution >= 0.6 is 11.6 Å². The van der Waals surface area contributed by atoms with Crippen LogP contribution in [0.1, 0.15) is 16.1 Å². The highest BCUT2D eigenvalue weighted by atomic mass is 35.5. The van der Waals surface area contributed by atoms with Crippen molar-refractivity contribution >= 4 is 17.5 Å². The summed E-state index contributed by atoms with van der Waals surface area (Å²) in [6.07, 6.45) is 0.751. The highest BCUT2D eigenvalue weighted by Gasteiger charge is 2.11. The number of rotatable bonds is 5. The van der Waals surface area contributed by atoms with Crippen LogP contribution in [0.15, 0.2) is 30.3 Å². The fourth-order valence-electron chi connectivity index (χ4n) is 1.85. The normalized spacial score (nSPS) is 10.3. The largest absolute Gasteiger partial charge is 0.497 e. The van der Waals surface area contributed by atoms with Crippen LogP contribution in [-0.4, -0.2) is 29.3 Å². The molecule has 0 saturated carbocycles. The van der Waals surface area contributed by atoms with Gasteiger partial charge in [-0.1, -0.05) is 23.7 Å². The molecule has 6 heteroatoms. The molecule has 0 bridgehead atoms. The summed E-state index contributed by atoms with van der Waals surface area (Å²) in [4.78, 5) is 11.9. The zero-order valence-electron chi connectivity index (χ0n) is 11.4. The van der Waals surface area contributed by atoms with Crippen molar-refractivity contribution in [3.63, 3.8) is 0 Å². The lowest BCUT2D eigenvalue weighted by molar-refractivity contribution is 0.0944. The predicted octanol–water partition coefficient (Wildman–Crippen LogP) is 2.05. The SMILES string of the molecule is COc1ccc(CCNC(=O)c2cc(Cl)nn2C)cc1. The number of ether oxygens (including phenoxy) is 1. The van der Waals surface area contributed by atoms with E-state index in [0.29, 0.717) is 17.4 Å². The number of nitrogens with one attached hydrogen (secondary N) is 1. The average Bonchev–Trinajstić information content (AvgIpc) is 2.78. The van der Waals surface area contributed by atoms with Crippen molar-refractivity contribution in [3.05, 3.63) is 46.7 Å². The Balaban J connectivity index is 1.86. The fraction of sp³-hybridized carbons (Fsp3) is 0.286. The number of hydrogen-bond donors (Lipinski definition) is 1. The zero-order valence-corrected chi connectivity index (χ0v) is 12.1. The van der Waals surface area contributed by atoms with Crippen LogP contribution in [0.25, 0.3) is 0 Å². The molecule has 0 atom stereocenters. The second-order valence-corrected chi connectivity index (χ2v) is 4.72. The van der Waals surface area contributed by atoms with Crippen LogP contribution in [-0.2, 0) is 13.5 Å². The molecular weight excluding hydrogens is 278 g/mol. The van der Waals surface area contributed by atoms with Crippen LogP contribution in [0.3, 0.4) is 0 Å². The first kappa shape index (κ1) is 14.4. The lowest BCUT2D eigenvalue weighted by Gasteiger charge is -2.06. The molecule has 1 aromatic carbocycles. The van der Waals surface area contributed by atoms with Gasteiger partial charge in [0, 0.05) is 19.7 Å². The molecule has 5 nitrogen and oxygen atoms in total. The van der Waals surface area contributed by atoms with Crippen molar-refractivity contribution in [2.75, 3.05) is 13.7 Å². The van der Waals surface area contributed by atoms with Gasteiger partial charge in [0.25, 0.3) is 5.91 Å². The minimum Gasteiger partial charge on any atom is -0.497 e. The molecule has 0 saturated heterocycles. The van der Waals surface area contributed by atoms with Gasteiger partial charge in [0.1, 0.15) is 11.4 Å². The summed E-state index contributed by atoms with van der Waals surface area (Å²) in [5.41, 5.74) is 1.58. The summed E-state index contributed by atoms with van der Waals surface area (Å²) >= 11 is 5.74. The first-order chi connectivity index (χ1) is 9.60. The maximum atomic E-state index is 11.9. The summed E-state index contributed by atoms with van der Waals surface area (Å²) in [7, 11) is 3.32. The topological polar surface area (TPSA) is 56.1 Å². The van der Waals surface area contributed by atoms with Gasteiger partial charge in [-0.2, -0.15) is 5.10 Å². The van der Waals surface area contributed by atoms with Gasteiger partial charge in [-0.05, 0) is 24.1 Å². The molecule has 20 heavy (non-hydrogen) atoms. The zero-order chi connectivity index (χ0) is 14.5. The first-order valence-corrected chi connectivity index (χ1v) is 6.58. The van der Waals surface area contributed by atoms with Crippen LogP contribution in [0.4, 0.5) is 0 Å². The summed E-state index contributed by atoms with van der Waals surface area (Å²) in [5.74, 6) is 0.641. The third-order valence-corrected chi connectivity index (χ3v) is 3.13. The van der Waals surface area contributed by atoms with Gasteiger partial charge < -0.3 is 10.1 Å². The smallest absolute Gasteiger partial charge is 0.269 e. The summed E-state index contributed by atoms with van der Waals surface area (Å²) in [6.45, 7) is 0.550. The Morgan fingerprint density at radius 2 is 2.10 bits per heavy atom. The van der Waals surface area contributed by atoms with E-state index >= 15 is 0 Å². The number of benzene rings is 1. The van der Waals surface area contributed by atoms with Gasteiger partial charge in [-0.15, -0.1) is 0 Å². The van der Waals surface area contributed by atoms with E-state index in [1.54, 1.807) is 20.2 Å². The maximum absolute atomic E-state index is 11.9. The number of halogens is 1. The van der Waals surface area contributed by atoms with Crippen LogP contribution in [0, 0.1) is 0 Å². The highest BCUT2D eigenvalue weighted by Crippen LogP contribution is 2.11. The van der Waals surface area contributed by atoms with Gasteiger partial charge in [-0.25, -0.2) is 0 Å². The van der Waals surface area contributed by atoms with E-state index < -0.39 is 0 Å². The number of hydrogen-bond acceptors (Lipinski definition) is 3. The van der Waals surface area contributed by atoms with Gasteiger partial charge in [0.05, 0.1) is 7.11 Å². The molecular formula is C14H16ClN3O2. The third-order valence-electron chi connectivity index (χ3n) is 2.94. The molecule has 1 amide bonds. The lowest BCUT2D eigenvalue weighted by Crippen LogP contribution is -2.27. The van der Waals surface area contributed by atoms with Gasteiger partial charge >= 0.3 is 0 Å². The van der Waals surface area contributed by atoms with Gasteiger partial charge in [-0.3, -0.25) is 9.48 Å². The Hall–Kier alpha value is -2.01. The molecule has 2 aromatic rings. The standard InChI is InChI=1S/C14H16ClN3O2/c1-18-12(9-13(15)17-18)14(19)16-8-7-10-3-5-11(20-2)6-4-10/h3-6,9H,7-8H2,1-2H3,(H,16,19). The summed E-state index contributed by atoms with van der Waals surface area (Å²) < 4.78 is 6.56. The van der Waals surface area contributed by atoms with Crippen molar-refractivity contribution in [3.8, 4) is 5.75 Å². The molecule has 1 aromatic heterocycles. The summed E-state index contributed by atoms with van der Waals surface area (Å²) in [6, 6.07) is 9.30. The Labute approximate surface area is 122 Å². The van der Waals surface area contributed by atoms with Crippen LogP contribution in [0.2, 0.25) is 5.15 Å². The number of aromatic nitrogens is 2. The Morgan fingerprint density at radius 3 is 2.65 bits per heavy atom. The predicted molar refractivity (Wildman–Crippen MR) is 77.2 cm³/mol. The van der Waals surface area contributed by atoms with E-state index in [-0.39, 0.29) is 5.91 Å². The quantitative estimate of drug-likeness (QED) is 0.918. The Morgan fingerprint density at radius 1 is 1.40 bits per heavy atom. The van der Waals surface area contributed by atoms with Crippen molar-refractivity contribution in [1.82, 2.24) is 15.1 Å². The summed E-state index contributed by atoms with van der Waals surface area (Å²) in [5, 5.41) is 7.08. The minimum atomic E-state index is -0.180. The van der Waals surface area contributed by atoms with E-state index in [0.717, 1.165) is 17.7 Å². The molecule has 0 unspecified atom stereocenters. The molecule has 0 fully saturated rings. The number of aryl methyl sites for hydroxylation is 1. The highest BCUT2D eigenvalue weighted by molar-refractivity contribution is 6.29. The molecule has 0 spiro atoms. The second kappa shape index (κ2) is 6.43. The fourth-order valence-corrected chi connectivity index (χ4v) is 2.06. The molecule has 0 aliphatic carbocycles. The molecule has 0 aliphatic heterocycles. The Bertz CT molecular complexity index is 593. The van der Waals surface area contributed by atoms with E-state index in [2.05, 4.69) is 10.4 Å². The molecule has 1 N–H and O–H groups in total. The first-order valence-electron chi connectivity index (χ1n) is 6.21. The molecule has 1 heterocycles. The van der Waals surface area contributed by atoms with Crippen molar-refractivity contribution in [1.29, 1.82) is 0 Å². The van der Waals surface area contributed by atoms with E-state index in [1.807, 2.05) is 24.3 Å². The number of amides is 1. The van der Waals surface area contributed by atoms with E-state index in [1.165, 1.54) is 4.68 Å². The second-order valence-electron chi connectivity index (χ2n) is 4.33. The minimum absolute atomic E-state index is 0.180. The lowest BCUT2D eigenvalue weighted by atomic mass is 10.1. The van der Waals surface area contributed by atoms with Gasteiger partial charge in [0.2, 0.25) is 0 Å². The van der Waals surface area contributed by atoms with E-state index in [9.17, 15) is 4.79 Å². The van der Waals surface area contributed by atoms with Gasteiger partial charge in [0.15, 0.2) is 5.15 Å². The molecule has 0 radical (unpaired) electrons. The number of carbonyl (C=O) groups excluding carboxylic acids is 1. The Kier molecular flexibility index (Phi) is 4.63. The van der Waals surface area contributed by atoms with Crippen molar-refractivity contribution in [2.24, 2.45) is 7.05 Å². The van der Waals surface area contributed by atoms with E-state index in [4.69, 9.17) is 16.3 Å². The molecule has 106 valence electrons. The third kappa shape index (κ3) is 3.51. The van der Waals surface area contributed by atoms with Crippen LogP contribution in [0.5, 0.6) is 5.75 Å². The number of nitrogens with zero attached hydrogens (tertiary/aromatic N) is 2. The van der Waals surface area contributed by atoms with Crippen LogP contribution < -0.4 is 10.1 Å². The average molecular weight is 294 g/mol. The monoisotopic (exact) mass is 293 g/mol. The number of methoxy groups -OCH3 is 1. The molecule has 0 aliphatic rings. The number of carbonyl (C=O) groups is 1.